The molecule has 0 aliphatic heterocycles. The van der Waals surface area contributed by atoms with Crippen LogP contribution in [-0.4, -0.2) is 42.9 Å². The molecular weight excluding hydrogens is 872 g/mol. The summed E-state index contributed by atoms with van der Waals surface area (Å²) in [6.45, 7) is 9.90. The summed E-state index contributed by atoms with van der Waals surface area (Å²) in [6, 6.07) is 32.4. The van der Waals surface area contributed by atoms with Gasteiger partial charge in [0.05, 0.1) is 0 Å². The number of alkyl halides is 9. The van der Waals surface area contributed by atoms with Crippen LogP contribution in [-0.2, 0) is 20.4 Å². The van der Waals surface area contributed by atoms with Gasteiger partial charge in [-0.3, -0.25) is 0 Å². The summed E-state index contributed by atoms with van der Waals surface area (Å²) in [4.78, 5) is -0.963. The first-order valence-corrected chi connectivity index (χ1v) is 21.8. The van der Waals surface area contributed by atoms with E-state index in [0.717, 1.165) is 27.1 Å². The van der Waals surface area contributed by atoms with Crippen LogP contribution in [0.1, 0.15) is 47.1 Å². The molecule has 0 fully saturated rings. The third-order valence-corrected chi connectivity index (χ3v) is 14.3. The Balaban J connectivity index is 1.55. The van der Waals surface area contributed by atoms with Gasteiger partial charge in [-0.15, -0.1) is 0 Å². The number of hydrogen-bond donors (Lipinski definition) is 0. The van der Waals surface area contributed by atoms with Crippen molar-refractivity contribution in [2.45, 2.75) is 97.3 Å². The lowest BCUT2D eigenvalue weighted by Gasteiger charge is -2.41. The maximum absolute atomic E-state index is 15.7. The second kappa shape index (κ2) is 16.2. The van der Waals surface area contributed by atoms with Gasteiger partial charge in [-0.2, -0.15) is 47.9 Å². The summed E-state index contributed by atoms with van der Waals surface area (Å²) in [5, 5.41) is -3.41. The first kappa shape index (κ1) is 46.4. The molecular formula is C45H41F9O6S2. The van der Waals surface area contributed by atoms with Crippen molar-refractivity contribution in [3.63, 3.8) is 0 Å². The van der Waals surface area contributed by atoms with Crippen molar-refractivity contribution in [1.82, 2.24) is 0 Å². The summed E-state index contributed by atoms with van der Waals surface area (Å²) < 4.78 is 180. The highest BCUT2D eigenvalue weighted by molar-refractivity contribution is 8.33. The highest BCUT2D eigenvalue weighted by Crippen LogP contribution is 2.72. The minimum Gasteiger partial charge on any atom is -0.489 e. The van der Waals surface area contributed by atoms with Gasteiger partial charge in [0.25, 0.3) is 0 Å². The number of benzene rings is 6. The van der Waals surface area contributed by atoms with E-state index in [-0.39, 0.29) is 38.5 Å². The van der Waals surface area contributed by atoms with Crippen molar-refractivity contribution in [3.8, 4) is 17.2 Å². The highest BCUT2D eigenvalue weighted by atomic mass is 32.3. The summed E-state index contributed by atoms with van der Waals surface area (Å²) in [7, 11) is -11.9. The molecule has 6 nitrogen and oxygen atoms in total. The Morgan fingerprint density at radius 3 is 1.47 bits per heavy atom. The van der Waals surface area contributed by atoms with Crippen LogP contribution in [0.2, 0.25) is 0 Å². The number of ether oxygens (including phenoxy) is 3. The van der Waals surface area contributed by atoms with E-state index in [4.69, 9.17) is 17.8 Å². The molecule has 6 aromatic carbocycles. The molecule has 332 valence electrons. The third-order valence-electron chi connectivity index (χ3n) is 9.15. The molecule has 0 aliphatic carbocycles. The minimum atomic E-state index is -7.57. The van der Waals surface area contributed by atoms with Gasteiger partial charge in [0, 0.05) is 14.7 Å². The zero-order valence-corrected chi connectivity index (χ0v) is 35.6. The summed E-state index contributed by atoms with van der Waals surface area (Å²) in [5.74, 6) is -15.0. The van der Waals surface area contributed by atoms with Crippen molar-refractivity contribution in [1.29, 1.82) is 0 Å². The second-order valence-corrected chi connectivity index (χ2v) is 20.7. The average Bonchev–Trinajstić information content (AvgIpc) is 3.17. The molecule has 0 aromatic heterocycles. The lowest BCUT2D eigenvalue weighted by atomic mass is 9.98. The minimum absolute atomic E-state index is 0.000665. The second-order valence-electron chi connectivity index (χ2n) is 16.2. The van der Waals surface area contributed by atoms with Crippen LogP contribution in [0, 0.1) is 0 Å². The van der Waals surface area contributed by atoms with Crippen LogP contribution in [0.3, 0.4) is 0 Å². The molecule has 0 saturated heterocycles. The predicted octanol–water partition coefficient (Wildman–Crippen LogP) is 13.9. The smallest absolute Gasteiger partial charge is 0.460 e. The van der Waals surface area contributed by atoms with Crippen LogP contribution in [0.25, 0.3) is 21.5 Å². The molecule has 6 aromatic rings. The van der Waals surface area contributed by atoms with Crippen molar-refractivity contribution in [2.24, 2.45) is 0 Å². The molecule has 6 rings (SSSR count). The van der Waals surface area contributed by atoms with Crippen LogP contribution in [0.5, 0.6) is 17.2 Å². The predicted molar refractivity (Wildman–Crippen MR) is 219 cm³/mol. The molecule has 0 spiro atoms. The van der Waals surface area contributed by atoms with Crippen LogP contribution < -0.4 is 14.2 Å². The van der Waals surface area contributed by atoms with E-state index in [1.54, 1.807) is 41.5 Å². The molecule has 0 bridgehead atoms. The van der Waals surface area contributed by atoms with E-state index in [2.05, 4.69) is 0 Å². The van der Waals surface area contributed by atoms with E-state index in [1.807, 2.05) is 54.6 Å². The monoisotopic (exact) mass is 912 g/mol. The zero-order chi connectivity index (χ0) is 45.7. The van der Waals surface area contributed by atoms with E-state index >= 15 is 8.78 Å². The standard InChI is InChI=1S/C45H41F9O6S2/c1-40(2,3)58-32-14-11-16-35(26-32)61(36-17-12-15-33(27-36)59-41(4,5)6,60-62(55,56)45(53,54)43(48,49)42(46,47)44(50,51)52)34-23-21-31(22-24-34)57-28-30-25-29-13-7-8-18-37(29)39-20-10-9-19-38(30)39/h7-27H,28H2,1-6H3. The number of fused-ring (bicyclic) bond motifs is 3. The van der Waals surface area contributed by atoms with Gasteiger partial charge in [0.15, 0.2) is 0 Å². The Bertz CT molecular complexity index is 2630. The fourth-order valence-corrected chi connectivity index (χ4v) is 11.7. The van der Waals surface area contributed by atoms with Gasteiger partial charge in [-0.25, -0.2) is 3.63 Å². The Kier molecular flexibility index (Phi) is 12.1. The average molecular weight is 913 g/mol. The SMILES string of the molecule is CC(C)(C)Oc1cccc(S(OS(=O)(=O)C(F)(F)C(F)(F)C(F)(F)C(F)(F)F)(c2ccc(OCc3cc4ccccc4c4ccccc34)cc2)c2cccc(OC(C)(C)C)c2)c1. The lowest BCUT2D eigenvalue weighted by molar-refractivity contribution is -0.382. The van der Waals surface area contributed by atoms with Crippen molar-refractivity contribution >= 4 is 42.0 Å². The van der Waals surface area contributed by atoms with Crippen LogP contribution in [0.4, 0.5) is 39.5 Å². The Morgan fingerprint density at radius 2 is 0.968 bits per heavy atom. The summed E-state index contributed by atoms with van der Waals surface area (Å²) in [6.07, 6.45) is -7.30. The van der Waals surface area contributed by atoms with Gasteiger partial charge < -0.3 is 14.2 Å². The quantitative estimate of drug-likeness (QED) is 0.0849. The largest absolute Gasteiger partial charge is 0.489 e. The van der Waals surface area contributed by atoms with Crippen LogP contribution >= 0.6 is 10.3 Å². The lowest BCUT2D eigenvalue weighted by Crippen LogP contribution is -2.63. The first-order valence-electron chi connectivity index (χ1n) is 18.8. The molecule has 17 heteroatoms. The van der Waals surface area contributed by atoms with E-state index in [9.17, 15) is 39.2 Å². The Hall–Kier alpha value is -5.13. The summed E-state index contributed by atoms with van der Waals surface area (Å²) >= 11 is 0. The maximum Gasteiger partial charge on any atom is 0.460 e. The van der Waals surface area contributed by atoms with Gasteiger partial charge >= 0.3 is 33.4 Å². The maximum atomic E-state index is 15.7. The molecule has 0 amide bonds. The van der Waals surface area contributed by atoms with Gasteiger partial charge in [0.2, 0.25) is 0 Å². The van der Waals surface area contributed by atoms with Crippen molar-refractivity contribution in [2.75, 3.05) is 0 Å². The molecule has 62 heavy (non-hydrogen) atoms. The molecule has 0 radical (unpaired) electrons. The zero-order valence-electron chi connectivity index (χ0n) is 34.0. The fourth-order valence-electron chi connectivity index (χ4n) is 6.50. The number of halogens is 9. The van der Waals surface area contributed by atoms with Gasteiger partial charge in [-0.05, 0) is 146 Å². The number of rotatable bonds is 13. The van der Waals surface area contributed by atoms with Crippen molar-refractivity contribution in [3.05, 3.63) is 133 Å². The number of hydrogen-bond acceptors (Lipinski definition) is 6. The first-order chi connectivity index (χ1) is 28.6. The molecule has 0 saturated carbocycles. The molecule has 0 aliphatic rings. The third kappa shape index (κ3) is 8.89. The molecule has 0 atom stereocenters. The Morgan fingerprint density at radius 1 is 0.484 bits per heavy atom. The summed E-state index contributed by atoms with van der Waals surface area (Å²) in [5.41, 5.74) is -1.06. The fraction of sp³-hybridized carbons (Fsp3) is 0.289. The molecule has 0 N–H and O–H groups in total. The topological polar surface area (TPSA) is 71.1 Å². The highest BCUT2D eigenvalue weighted by Gasteiger charge is 2.86. The normalized spacial score (nSPS) is 13.9. The molecule has 0 heterocycles. The van der Waals surface area contributed by atoms with E-state index < -0.39 is 54.9 Å². The molecule has 0 unspecified atom stereocenters. The van der Waals surface area contributed by atoms with E-state index in [1.165, 1.54) is 72.8 Å². The van der Waals surface area contributed by atoms with Crippen molar-refractivity contribution < 1.29 is 65.8 Å². The van der Waals surface area contributed by atoms with Gasteiger partial charge in [-0.1, -0.05) is 60.7 Å². The van der Waals surface area contributed by atoms with Crippen LogP contribution in [0.15, 0.2) is 142 Å². The van der Waals surface area contributed by atoms with E-state index in [0.29, 0.717) is 0 Å². The Labute approximate surface area is 354 Å². The van der Waals surface area contributed by atoms with Gasteiger partial charge in [0.1, 0.15) is 35.1 Å².